The summed E-state index contributed by atoms with van der Waals surface area (Å²) >= 11 is 0. The molecule has 1 fully saturated rings. The first kappa shape index (κ1) is 22.8. The van der Waals surface area contributed by atoms with Crippen LogP contribution in [0.25, 0.3) is 0 Å². The molecule has 0 bridgehead atoms. The van der Waals surface area contributed by atoms with E-state index < -0.39 is 5.97 Å². The number of carbonyl (C=O) groups is 2. The zero-order chi connectivity index (χ0) is 22.5. The van der Waals surface area contributed by atoms with E-state index >= 15 is 0 Å². The van der Waals surface area contributed by atoms with Crippen LogP contribution in [0.3, 0.4) is 0 Å². The highest BCUT2D eigenvalue weighted by Crippen LogP contribution is 2.20. The minimum atomic E-state index is -0.417. The highest BCUT2D eigenvalue weighted by Gasteiger charge is 2.23. The number of nitrogens with zero attached hydrogens (tertiary/aromatic N) is 3. The average molecular weight is 428 g/mol. The molecule has 3 rings (SSSR count). The van der Waals surface area contributed by atoms with Gasteiger partial charge in [-0.25, -0.2) is 9.78 Å². The fourth-order valence-corrected chi connectivity index (χ4v) is 3.81. The van der Waals surface area contributed by atoms with Crippen LogP contribution in [0.4, 0.5) is 5.82 Å². The molecular weight excluding hydrogens is 394 g/mol. The second-order valence-electron chi connectivity index (χ2n) is 8.43. The fourth-order valence-electron chi connectivity index (χ4n) is 3.81. The molecule has 0 atom stereocenters. The molecule has 8 heteroatoms. The highest BCUT2D eigenvalue weighted by atomic mass is 16.5. The van der Waals surface area contributed by atoms with Gasteiger partial charge < -0.3 is 24.8 Å². The number of likely N-dealkylation sites (N-methyl/N-ethyl adjacent to an activating group) is 1. The Balaban J connectivity index is 1.61. The molecule has 1 aliphatic rings. The van der Waals surface area contributed by atoms with Gasteiger partial charge in [0.1, 0.15) is 11.5 Å². The van der Waals surface area contributed by atoms with Crippen LogP contribution in [0.5, 0.6) is 0 Å². The number of pyridine rings is 1. The molecule has 8 nitrogen and oxygen atoms in total. The molecule has 3 heterocycles. The van der Waals surface area contributed by atoms with Crippen molar-refractivity contribution in [3.8, 4) is 0 Å². The lowest BCUT2D eigenvalue weighted by Crippen LogP contribution is -2.29. The van der Waals surface area contributed by atoms with Crippen molar-refractivity contribution < 1.29 is 14.3 Å². The maximum atomic E-state index is 12.7. The molecule has 2 N–H and O–H groups in total. The van der Waals surface area contributed by atoms with Gasteiger partial charge in [0, 0.05) is 38.1 Å². The Morgan fingerprint density at radius 3 is 2.65 bits per heavy atom. The molecule has 0 unspecified atom stereocenters. The van der Waals surface area contributed by atoms with Gasteiger partial charge in [-0.05, 0) is 64.9 Å². The number of aromatic nitrogens is 2. The average Bonchev–Trinajstić information content (AvgIpc) is 2.87. The van der Waals surface area contributed by atoms with E-state index in [1.54, 1.807) is 27.7 Å². The van der Waals surface area contributed by atoms with Crippen molar-refractivity contribution in [2.24, 2.45) is 0 Å². The standard InChI is InChI=1S/C23H33N5O3/c1-15(2)31-23(30)20-16(3)21(26-17(20)4)22(29)25-14-18-7-8-19(24-13-18)28-10-6-9-27(5)11-12-28/h7-8,13,15,26H,6,9-12,14H2,1-5H3,(H,25,29). The minimum Gasteiger partial charge on any atom is -0.459 e. The number of aromatic amines is 1. The van der Waals surface area contributed by atoms with Gasteiger partial charge in [0.25, 0.3) is 5.91 Å². The number of carbonyl (C=O) groups excluding carboxylic acids is 2. The van der Waals surface area contributed by atoms with Gasteiger partial charge >= 0.3 is 5.97 Å². The third-order valence-electron chi connectivity index (χ3n) is 5.52. The summed E-state index contributed by atoms with van der Waals surface area (Å²) in [6, 6.07) is 4.01. The molecule has 31 heavy (non-hydrogen) atoms. The molecule has 0 spiro atoms. The van der Waals surface area contributed by atoms with Gasteiger partial charge in [0.15, 0.2) is 0 Å². The number of rotatable bonds is 6. The van der Waals surface area contributed by atoms with Gasteiger partial charge in [0.2, 0.25) is 0 Å². The Bertz CT molecular complexity index is 920. The van der Waals surface area contributed by atoms with E-state index in [4.69, 9.17) is 4.74 Å². The van der Waals surface area contributed by atoms with E-state index in [1.165, 1.54) is 0 Å². The predicted octanol–water partition coefficient (Wildman–Crippen LogP) is 2.66. The summed E-state index contributed by atoms with van der Waals surface area (Å²) in [5.74, 6) is 0.290. The van der Waals surface area contributed by atoms with Crippen molar-refractivity contribution in [1.29, 1.82) is 0 Å². The van der Waals surface area contributed by atoms with Crippen LogP contribution < -0.4 is 10.2 Å². The van der Waals surface area contributed by atoms with Crippen LogP contribution in [-0.4, -0.2) is 66.1 Å². The van der Waals surface area contributed by atoms with Gasteiger partial charge in [-0.15, -0.1) is 0 Å². The van der Waals surface area contributed by atoms with Crippen molar-refractivity contribution in [2.75, 3.05) is 38.1 Å². The Kier molecular flexibility index (Phi) is 7.33. The number of H-pyrrole nitrogens is 1. The molecule has 2 aromatic rings. The Morgan fingerprint density at radius 1 is 1.19 bits per heavy atom. The number of ether oxygens (including phenoxy) is 1. The monoisotopic (exact) mass is 427 g/mol. The molecule has 0 saturated carbocycles. The molecular formula is C23H33N5O3. The number of esters is 1. The highest BCUT2D eigenvalue weighted by molar-refractivity contribution is 6.00. The van der Waals surface area contributed by atoms with E-state index in [9.17, 15) is 9.59 Å². The van der Waals surface area contributed by atoms with Gasteiger partial charge in [-0.2, -0.15) is 0 Å². The summed E-state index contributed by atoms with van der Waals surface area (Å²) in [5, 5.41) is 2.91. The predicted molar refractivity (Wildman–Crippen MR) is 121 cm³/mol. The minimum absolute atomic E-state index is 0.218. The van der Waals surface area contributed by atoms with E-state index in [-0.39, 0.29) is 12.0 Å². The first-order valence-corrected chi connectivity index (χ1v) is 10.8. The second kappa shape index (κ2) is 9.96. The first-order chi connectivity index (χ1) is 14.8. The third kappa shape index (κ3) is 5.64. The Morgan fingerprint density at radius 2 is 1.97 bits per heavy atom. The maximum Gasteiger partial charge on any atom is 0.340 e. The lowest BCUT2D eigenvalue weighted by Gasteiger charge is -2.21. The summed E-state index contributed by atoms with van der Waals surface area (Å²) in [5.41, 5.74) is 2.95. The normalized spacial score (nSPS) is 15.1. The SMILES string of the molecule is Cc1[nH]c(C(=O)NCc2ccc(N3CCCN(C)CC3)nc2)c(C)c1C(=O)OC(C)C. The largest absolute Gasteiger partial charge is 0.459 e. The summed E-state index contributed by atoms with van der Waals surface area (Å²) in [7, 11) is 2.15. The fraction of sp³-hybridized carbons (Fsp3) is 0.522. The topological polar surface area (TPSA) is 90.6 Å². The molecule has 0 aliphatic carbocycles. The van der Waals surface area contributed by atoms with Crippen LogP contribution in [0.2, 0.25) is 0 Å². The Hall–Kier alpha value is -2.87. The van der Waals surface area contributed by atoms with Gasteiger partial charge in [0.05, 0.1) is 11.7 Å². The molecule has 2 aromatic heterocycles. The summed E-state index contributed by atoms with van der Waals surface area (Å²) in [6.07, 6.45) is 2.71. The van der Waals surface area contributed by atoms with Crippen molar-refractivity contribution in [2.45, 2.75) is 46.8 Å². The summed E-state index contributed by atoms with van der Waals surface area (Å²) in [4.78, 5) is 37.3. The number of hydrogen-bond acceptors (Lipinski definition) is 6. The van der Waals surface area contributed by atoms with Gasteiger partial charge in [-0.1, -0.05) is 6.07 Å². The van der Waals surface area contributed by atoms with E-state index in [2.05, 4.69) is 32.1 Å². The van der Waals surface area contributed by atoms with Gasteiger partial charge in [-0.3, -0.25) is 4.79 Å². The number of anilines is 1. The molecule has 1 amide bonds. The number of aryl methyl sites for hydroxylation is 1. The quantitative estimate of drug-likeness (QED) is 0.689. The van der Waals surface area contributed by atoms with Crippen molar-refractivity contribution in [1.82, 2.24) is 20.2 Å². The maximum absolute atomic E-state index is 12.7. The van der Waals surface area contributed by atoms with Crippen molar-refractivity contribution in [3.63, 3.8) is 0 Å². The molecule has 168 valence electrons. The van der Waals surface area contributed by atoms with Crippen LogP contribution in [0, 0.1) is 13.8 Å². The lowest BCUT2D eigenvalue weighted by molar-refractivity contribution is 0.0376. The van der Waals surface area contributed by atoms with Crippen LogP contribution in [0.15, 0.2) is 18.3 Å². The molecule has 1 saturated heterocycles. The summed E-state index contributed by atoms with van der Waals surface area (Å²) < 4.78 is 5.29. The zero-order valence-electron chi connectivity index (χ0n) is 19.1. The molecule has 1 aliphatic heterocycles. The van der Waals surface area contributed by atoms with E-state index in [0.29, 0.717) is 29.1 Å². The van der Waals surface area contributed by atoms with E-state index in [1.807, 2.05) is 18.3 Å². The molecule has 0 radical (unpaired) electrons. The first-order valence-electron chi connectivity index (χ1n) is 10.8. The number of hydrogen-bond donors (Lipinski definition) is 2. The Labute approximate surface area is 184 Å². The smallest absolute Gasteiger partial charge is 0.340 e. The zero-order valence-corrected chi connectivity index (χ0v) is 19.1. The van der Waals surface area contributed by atoms with Crippen molar-refractivity contribution in [3.05, 3.63) is 46.4 Å². The second-order valence-corrected chi connectivity index (χ2v) is 8.43. The number of amides is 1. The van der Waals surface area contributed by atoms with Crippen molar-refractivity contribution >= 4 is 17.7 Å². The van der Waals surface area contributed by atoms with Crippen LogP contribution >= 0.6 is 0 Å². The lowest BCUT2D eigenvalue weighted by atomic mass is 10.1. The summed E-state index contributed by atoms with van der Waals surface area (Å²) in [6.45, 7) is 11.6. The van der Waals surface area contributed by atoms with E-state index in [0.717, 1.165) is 44.0 Å². The third-order valence-corrected chi connectivity index (χ3v) is 5.52. The van der Waals surface area contributed by atoms with Crippen LogP contribution in [-0.2, 0) is 11.3 Å². The van der Waals surface area contributed by atoms with Crippen LogP contribution in [0.1, 0.15) is 57.9 Å². The number of nitrogens with one attached hydrogen (secondary N) is 2. The molecule has 0 aromatic carbocycles.